The van der Waals surface area contributed by atoms with E-state index in [1.165, 1.54) is 75.7 Å². The molecule has 0 N–H and O–H groups in total. The van der Waals surface area contributed by atoms with Gasteiger partial charge in [-0.25, -0.2) is 0 Å². The van der Waals surface area contributed by atoms with Crippen molar-refractivity contribution in [3.63, 3.8) is 0 Å². The Morgan fingerprint density at radius 1 is 0.411 bits per heavy atom. The van der Waals surface area contributed by atoms with Crippen molar-refractivity contribution >= 4 is 61.4 Å². The van der Waals surface area contributed by atoms with Gasteiger partial charge >= 0.3 is 0 Å². The van der Waals surface area contributed by atoms with Crippen LogP contribution in [0.3, 0.4) is 0 Å². The second-order valence-electron chi connectivity index (χ2n) is 14.8. The van der Waals surface area contributed by atoms with Gasteiger partial charge in [-0.2, -0.15) is 0 Å². The van der Waals surface area contributed by atoms with E-state index in [1.807, 2.05) is 11.8 Å². The zero-order valence-electron chi connectivity index (χ0n) is 30.4. The van der Waals surface area contributed by atoms with Crippen LogP contribution >= 0.6 is 11.8 Å². The minimum Gasteiger partial charge on any atom is -0.311 e. The standard InChI is InChI=1S/C53H34N2S/c1-3-16-36(17-4-1)54(37-18-5-2-6-19-37)38-28-30-39(31-29-38)55-48-34-33-47-52(50(48)43-32-27-35-15-7-8-20-40(35)51(43)55)56-49-26-14-13-25-46(49)53(47)44-23-11-9-21-41(44)42-22-10-12-24-45(42)53/h1-34H. The summed E-state index contributed by atoms with van der Waals surface area (Å²) < 4.78 is 2.51. The van der Waals surface area contributed by atoms with Crippen molar-refractivity contribution in [2.45, 2.75) is 15.2 Å². The molecule has 262 valence electrons. The third kappa shape index (κ3) is 4.29. The summed E-state index contributed by atoms with van der Waals surface area (Å²) in [5.41, 5.74) is 14.6. The quantitative estimate of drug-likeness (QED) is 0.178. The molecule has 2 heterocycles. The molecule has 0 bridgehead atoms. The number of anilines is 3. The zero-order chi connectivity index (χ0) is 36.8. The van der Waals surface area contributed by atoms with Crippen LogP contribution in [-0.2, 0) is 5.41 Å². The summed E-state index contributed by atoms with van der Waals surface area (Å²) >= 11 is 1.93. The molecule has 0 amide bonds. The molecule has 1 aromatic heterocycles. The second kappa shape index (κ2) is 12.1. The average Bonchev–Trinajstić information content (AvgIpc) is 3.77. The molecule has 10 aromatic rings. The van der Waals surface area contributed by atoms with Gasteiger partial charge in [0.25, 0.3) is 0 Å². The van der Waals surface area contributed by atoms with Crippen LogP contribution in [0.15, 0.2) is 216 Å². The van der Waals surface area contributed by atoms with Gasteiger partial charge in [0.15, 0.2) is 0 Å². The maximum atomic E-state index is 2.51. The highest BCUT2D eigenvalue weighted by molar-refractivity contribution is 7.99. The van der Waals surface area contributed by atoms with Crippen LogP contribution in [0, 0.1) is 0 Å². The van der Waals surface area contributed by atoms with Gasteiger partial charge in [0, 0.05) is 48.7 Å². The lowest BCUT2D eigenvalue weighted by Gasteiger charge is -2.40. The smallest absolute Gasteiger partial charge is 0.0735 e. The third-order valence-corrected chi connectivity index (χ3v) is 13.2. The maximum absolute atomic E-state index is 2.51. The molecule has 0 saturated carbocycles. The number of aromatic nitrogens is 1. The Kier molecular flexibility index (Phi) is 6.81. The van der Waals surface area contributed by atoms with Crippen LogP contribution in [0.1, 0.15) is 22.3 Å². The molecule has 0 atom stereocenters. The van der Waals surface area contributed by atoms with Crippen LogP contribution < -0.4 is 4.90 Å². The molecule has 1 aliphatic carbocycles. The fraction of sp³-hybridized carbons (Fsp3) is 0.0189. The SMILES string of the molecule is c1ccc(N(c2ccccc2)c2ccc(-n3c4ccc5c(c4c4ccc6ccccc6c43)Sc3ccccc3C53c4ccccc4-c4ccccc43)cc2)cc1. The molecule has 0 fully saturated rings. The molecular weight excluding hydrogens is 697 g/mol. The molecule has 1 spiro atoms. The molecule has 1 aliphatic heterocycles. The van der Waals surface area contributed by atoms with Gasteiger partial charge in [-0.3, -0.25) is 0 Å². The Morgan fingerprint density at radius 2 is 0.982 bits per heavy atom. The lowest BCUT2D eigenvalue weighted by atomic mass is 9.67. The van der Waals surface area contributed by atoms with Crippen LogP contribution in [0.4, 0.5) is 17.1 Å². The highest BCUT2D eigenvalue weighted by Crippen LogP contribution is 2.63. The minimum atomic E-state index is -0.427. The first-order chi connectivity index (χ1) is 27.8. The normalized spacial score (nSPS) is 13.4. The number of para-hydroxylation sites is 2. The highest BCUT2D eigenvalue weighted by Gasteiger charge is 2.50. The summed E-state index contributed by atoms with van der Waals surface area (Å²) in [6.45, 7) is 0. The van der Waals surface area contributed by atoms with Crippen molar-refractivity contribution < 1.29 is 0 Å². The summed E-state index contributed by atoms with van der Waals surface area (Å²) in [4.78, 5) is 4.97. The first kappa shape index (κ1) is 31.5. The summed E-state index contributed by atoms with van der Waals surface area (Å²) in [6.07, 6.45) is 0. The second-order valence-corrected chi connectivity index (χ2v) is 15.9. The lowest BCUT2D eigenvalue weighted by Crippen LogP contribution is -2.32. The van der Waals surface area contributed by atoms with E-state index in [1.54, 1.807) is 0 Å². The predicted octanol–water partition coefficient (Wildman–Crippen LogP) is 14.2. The van der Waals surface area contributed by atoms with Gasteiger partial charge in [0.1, 0.15) is 0 Å². The van der Waals surface area contributed by atoms with Crippen molar-refractivity contribution in [2.75, 3.05) is 4.90 Å². The zero-order valence-corrected chi connectivity index (χ0v) is 31.2. The van der Waals surface area contributed by atoms with Gasteiger partial charge in [-0.15, -0.1) is 0 Å². The average molecular weight is 731 g/mol. The highest BCUT2D eigenvalue weighted by atomic mass is 32.2. The Hall–Kier alpha value is -6.81. The van der Waals surface area contributed by atoms with E-state index in [9.17, 15) is 0 Å². The summed E-state index contributed by atoms with van der Waals surface area (Å²) in [5.74, 6) is 0. The third-order valence-electron chi connectivity index (χ3n) is 12.0. The predicted molar refractivity (Wildman–Crippen MR) is 234 cm³/mol. The molecule has 56 heavy (non-hydrogen) atoms. The van der Waals surface area contributed by atoms with E-state index in [0.717, 1.165) is 22.7 Å². The Bertz CT molecular complexity index is 3080. The number of hydrogen-bond acceptors (Lipinski definition) is 2. The number of hydrogen-bond donors (Lipinski definition) is 0. The number of benzene rings is 9. The van der Waals surface area contributed by atoms with Crippen LogP contribution in [0.25, 0.3) is 49.4 Å². The molecular formula is C53H34N2S. The summed E-state index contributed by atoms with van der Waals surface area (Å²) in [6, 6.07) is 76.0. The number of rotatable bonds is 4. The Labute approximate surface area is 329 Å². The van der Waals surface area contributed by atoms with Crippen molar-refractivity contribution in [2.24, 2.45) is 0 Å². The van der Waals surface area contributed by atoms with Gasteiger partial charge in [-0.1, -0.05) is 157 Å². The molecule has 0 unspecified atom stereocenters. The largest absolute Gasteiger partial charge is 0.311 e. The fourth-order valence-electron chi connectivity index (χ4n) is 9.79. The van der Waals surface area contributed by atoms with Gasteiger partial charge < -0.3 is 9.47 Å². The van der Waals surface area contributed by atoms with Crippen molar-refractivity contribution in [3.05, 3.63) is 229 Å². The topological polar surface area (TPSA) is 8.17 Å². The van der Waals surface area contributed by atoms with E-state index >= 15 is 0 Å². The molecule has 12 rings (SSSR count). The van der Waals surface area contributed by atoms with E-state index in [2.05, 4.69) is 216 Å². The first-order valence-corrected chi connectivity index (χ1v) is 20.1. The van der Waals surface area contributed by atoms with Crippen molar-refractivity contribution in [1.82, 2.24) is 4.57 Å². The van der Waals surface area contributed by atoms with Gasteiger partial charge in [0.05, 0.1) is 16.4 Å². The minimum absolute atomic E-state index is 0.427. The van der Waals surface area contributed by atoms with E-state index in [4.69, 9.17) is 0 Å². The van der Waals surface area contributed by atoms with Crippen molar-refractivity contribution in [1.29, 1.82) is 0 Å². The summed E-state index contributed by atoms with van der Waals surface area (Å²) in [7, 11) is 0. The summed E-state index contributed by atoms with van der Waals surface area (Å²) in [5, 5.41) is 5.07. The fourth-order valence-corrected chi connectivity index (χ4v) is 11.1. The van der Waals surface area contributed by atoms with Gasteiger partial charge in [-0.05, 0) is 99.4 Å². The number of nitrogens with zero attached hydrogens (tertiary/aromatic N) is 2. The van der Waals surface area contributed by atoms with E-state index in [0.29, 0.717) is 0 Å². The molecule has 0 saturated heterocycles. The molecule has 9 aromatic carbocycles. The van der Waals surface area contributed by atoms with E-state index < -0.39 is 5.41 Å². The monoisotopic (exact) mass is 730 g/mol. The molecule has 3 heteroatoms. The molecule has 2 aliphatic rings. The number of fused-ring (bicyclic) bond motifs is 15. The Balaban J connectivity index is 1.15. The van der Waals surface area contributed by atoms with Crippen LogP contribution in [-0.4, -0.2) is 4.57 Å². The molecule has 0 radical (unpaired) electrons. The molecule has 2 nitrogen and oxygen atoms in total. The van der Waals surface area contributed by atoms with Crippen LogP contribution in [0.5, 0.6) is 0 Å². The lowest BCUT2D eigenvalue weighted by molar-refractivity contribution is 0.726. The first-order valence-electron chi connectivity index (χ1n) is 19.3. The maximum Gasteiger partial charge on any atom is 0.0735 e. The van der Waals surface area contributed by atoms with Gasteiger partial charge in [0.2, 0.25) is 0 Å². The van der Waals surface area contributed by atoms with Crippen molar-refractivity contribution in [3.8, 4) is 16.8 Å². The Morgan fingerprint density at radius 3 is 1.68 bits per heavy atom. The van der Waals surface area contributed by atoms with Crippen LogP contribution in [0.2, 0.25) is 0 Å². The van der Waals surface area contributed by atoms with E-state index in [-0.39, 0.29) is 0 Å².